The van der Waals surface area contributed by atoms with Crippen molar-refractivity contribution < 1.29 is 4.79 Å². The van der Waals surface area contributed by atoms with Crippen molar-refractivity contribution in [1.82, 2.24) is 5.32 Å². The van der Waals surface area contributed by atoms with Crippen LogP contribution in [-0.4, -0.2) is 12.3 Å². The molecule has 0 fully saturated rings. The van der Waals surface area contributed by atoms with E-state index in [4.69, 9.17) is 0 Å². The minimum absolute atomic E-state index is 0. The zero-order valence-electron chi connectivity index (χ0n) is 5.79. The quantitative estimate of drug-likeness (QED) is 0.670. The number of ketones is 1. The molecule has 4 heteroatoms. The van der Waals surface area contributed by atoms with Crippen molar-refractivity contribution in [2.75, 3.05) is 6.54 Å². The average molecular weight is 190 g/mol. The van der Waals surface area contributed by atoms with Gasteiger partial charge in [0.15, 0.2) is 5.78 Å². The Morgan fingerprint density at radius 3 is 3.00 bits per heavy atom. The molecule has 0 atom stereocenters. The first-order valence-corrected chi connectivity index (χ1v) is 4.06. The van der Waals surface area contributed by atoms with Crippen LogP contribution >= 0.6 is 23.7 Å². The van der Waals surface area contributed by atoms with Crippen LogP contribution in [-0.2, 0) is 6.54 Å². The minimum atomic E-state index is 0. The van der Waals surface area contributed by atoms with E-state index >= 15 is 0 Å². The van der Waals surface area contributed by atoms with Crippen molar-refractivity contribution in [1.29, 1.82) is 0 Å². The van der Waals surface area contributed by atoms with E-state index in [-0.39, 0.29) is 18.2 Å². The number of carbonyl (C=O) groups excluding carboxylic acids is 1. The summed E-state index contributed by atoms with van der Waals surface area (Å²) in [5.41, 5.74) is 1.15. The van der Waals surface area contributed by atoms with Gasteiger partial charge in [-0.25, -0.2) is 0 Å². The Balaban J connectivity index is 0.000000605. The van der Waals surface area contributed by atoms with Gasteiger partial charge in [-0.15, -0.1) is 23.7 Å². The maximum Gasteiger partial charge on any atom is 0.186 e. The second-order valence-corrected chi connectivity index (χ2v) is 3.22. The normalized spacial score (nSPS) is 15.5. The summed E-state index contributed by atoms with van der Waals surface area (Å²) in [6.07, 6.45) is 0. The molecule has 2 nitrogen and oxygen atoms in total. The molecule has 0 saturated carbocycles. The molecule has 0 unspecified atom stereocenters. The predicted octanol–water partition coefficient (Wildman–Crippen LogP) is 1.46. The highest BCUT2D eigenvalue weighted by Crippen LogP contribution is 2.19. The van der Waals surface area contributed by atoms with Gasteiger partial charge in [0.1, 0.15) is 0 Å². The number of hydrogen-bond acceptors (Lipinski definition) is 3. The van der Waals surface area contributed by atoms with Crippen LogP contribution < -0.4 is 5.32 Å². The lowest BCUT2D eigenvalue weighted by Crippen LogP contribution is -2.28. The highest BCUT2D eigenvalue weighted by molar-refractivity contribution is 7.12. The summed E-state index contributed by atoms with van der Waals surface area (Å²) in [6.45, 7) is 1.36. The molecular formula is C7H8ClNOS. The van der Waals surface area contributed by atoms with Crippen LogP contribution in [0.2, 0.25) is 0 Å². The molecule has 0 bridgehead atoms. The van der Waals surface area contributed by atoms with Crippen molar-refractivity contribution in [2.24, 2.45) is 0 Å². The van der Waals surface area contributed by atoms with Gasteiger partial charge in [0.25, 0.3) is 0 Å². The monoisotopic (exact) mass is 189 g/mol. The number of carbonyl (C=O) groups is 1. The summed E-state index contributed by atoms with van der Waals surface area (Å²) < 4.78 is 0. The Hall–Kier alpha value is -0.380. The number of rotatable bonds is 0. The number of thiophene rings is 1. The summed E-state index contributed by atoms with van der Waals surface area (Å²) in [5, 5.41) is 5.00. The Labute approximate surface area is 75.0 Å². The zero-order valence-corrected chi connectivity index (χ0v) is 7.43. The first kappa shape index (κ1) is 8.71. The first-order chi connectivity index (χ1) is 4.88. The maximum absolute atomic E-state index is 11.1. The average Bonchev–Trinajstić information content (AvgIpc) is 2.36. The van der Waals surface area contributed by atoms with E-state index < -0.39 is 0 Å². The Kier molecular flexibility index (Phi) is 2.65. The molecule has 0 spiro atoms. The number of halogens is 1. The minimum Gasteiger partial charge on any atom is -0.306 e. The predicted molar refractivity (Wildman–Crippen MR) is 47.6 cm³/mol. The molecule has 0 amide bonds. The van der Waals surface area contributed by atoms with E-state index in [1.807, 2.05) is 11.4 Å². The highest BCUT2D eigenvalue weighted by Gasteiger charge is 2.16. The molecule has 1 N–H and O–H groups in total. The van der Waals surface area contributed by atoms with Crippen molar-refractivity contribution in [3.63, 3.8) is 0 Å². The summed E-state index contributed by atoms with van der Waals surface area (Å²) in [7, 11) is 0. The van der Waals surface area contributed by atoms with Crippen molar-refractivity contribution in [2.45, 2.75) is 6.54 Å². The van der Waals surface area contributed by atoms with Crippen LogP contribution in [0.15, 0.2) is 11.4 Å². The van der Waals surface area contributed by atoms with Crippen LogP contribution in [0.4, 0.5) is 0 Å². The van der Waals surface area contributed by atoms with Crippen molar-refractivity contribution in [3.8, 4) is 0 Å². The van der Waals surface area contributed by atoms with Crippen LogP contribution in [0.5, 0.6) is 0 Å². The molecular weight excluding hydrogens is 182 g/mol. The summed E-state index contributed by atoms with van der Waals surface area (Å²) in [6, 6.07) is 2.00. The van der Waals surface area contributed by atoms with E-state index in [0.29, 0.717) is 6.54 Å². The summed E-state index contributed by atoms with van der Waals surface area (Å²) in [5.74, 6) is 0.233. The zero-order chi connectivity index (χ0) is 6.97. The van der Waals surface area contributed by atoms with Gasteiger partial charge < -0.3 is 5.32 Å². The molecule has 1 aromatic rings. The molecule has 0 aromatic carbocycles. The largest absolute Gasteiger partial charge is 0.306 e. The fourth-order valence-corrected chi connectivity index (χ4v) is 1.97. The Morgan fingerprint density at radius 1 is 1.45 bits per heavy atom. The Morgan fingerprint density at radius 2 is 2.27 bits per heavy atom. The lowest BCUT2D eigenvalue weighted by molar-refractivity contribution is 0.0986. The molecule has 2 rings (SSSR count). The van der Waals surface area contributed by atoms with Gasteiger partial charge in [-0.1, -0.05) is 0 Å². The molecule has 60 valence electrons. The van der Waals surface area contributed by atoms with E-state index in [1.54, 1.807) is 11.3 Å². The second kappa shape index (κ2) is 3.34. The van der Waals surface area contributed by atoms with Gasteiger partial charge in [0.05, 0.1) is 11.4 Å². The molecule has 1 aliphatic rings. The SMILES string of the molecule is Cl.O=C1CNCc2ccsc21. The van der Waals surface area contributed by atoms with Crippen LogP contribution in [0.25, 0.3) is 0 Å². The van der Waals surface area contributed by atoms with Crippen LogP contribution in [0.1, 0.15) is 15.2 Å². The third-order valence-corrected chi connectivity index (χ3v) is 2.60. The standard InChI is InChI=1S/C7H7NOS.ClH/c9-6-4-8-3-5-1-2-10-7(5)6;/h1-2,8H,3-4H2;1H. The Bertz CT molecular complexity index is 271. The van der Waals surface area contributed by atoms with E-state index in [9.17, 15) is 4.79 Å². The van der Waals surface area contributed by atoms with Crippen LogP contribution in [0, 0.1) is 0 Å². The number of fused-ring (bicyclic) bond motifs is 1. The topological polar surface area (TPSA) is 29.1 Å². The smallest absolute Gasteiger partial charge is 0.186 e. The summed E-state index contributed by atoms with van der Waals surface area (Å²) >= 11 is 1.54. The van der Waals surface area contributed by atoms with Crippen molar-refractivity contribution in [3.05, 3.63) is 21.9 Å². The van der Waals surface area contributed by atoms with Gasteiger partial charge in [0.2, 0.25) is 0 Å². The number of Topliss-reactive ketones (excluding diaryl/α,β-unsaturated/α-hetero) is 1. The lowest BCUT2D eigenvalue weighted by atomic mass is 10.1. The molecule has 0 radical (unpaired) electrons. The van der Waals surface area contributed by atoms with Gasteiger partial charge in [-0.05, 0) is 17.0 Å². The lowest BCUT2D eigenvalue weighted by Gasteiger charge is -2.09. The van der Waals surface area contributed by atoms with Gasteiger partial charge in [-0.3, -0.25) is 4.79 Å². The molecule has 0 aliphatic carbocycles. The first-order valence-electron chi connectivity index (χ1n) is 3.18. The van der Waals surface area contributed by atoms with E-state index in [1.165, 1.54) is 0 Å². The third-order valence-electron chi connectivity index (χ3n) is 1.60. The molecule has 1 aromatic heterocycles. The molecule has 1 aliphatic heterocycles. The number of nitrogens with one attached hydrogen (secondary N) is 1. The van der Waals surface area contributed by atoms with Gasteiger partial charge in [0, 0.05) is 6.54 Å². The summed E-state index contributed by atoms with van der Waals surface area (Å²) in [4.78, 5) is 12.0. The van der Waals surface area contributed by atoms with E-state index in [2.05, 4.69) is 5.32 Å². The van der Waals surface area contributed by atoms with Gasteiger partial charge >= 0.3 is 0 Å². The molecule has 0 saturated heterocycles. The third kappa shape index (κ3) is 1.45. The van der Waals surface area contributed by atoms with Crippen molar-refractivity contribution >= 4 is 29.5 Å². The fraction of sp³-hybridized carbons (Fsp3) is 0.286. The van der Waals surface area contributed by atoms with Crippen LogP contribution in [0.3, 0.4) is 0 Å². The van der Waals surface area contributed by atoms with Gasteiger partial charge in [-0.2, -0.15) is 0 Å². The molecule has 11 heavy (non-hydrogen) atoms. The fourth-order valence-electron chi connectivity index (χ4n) is 1.11. The number of hydrogen-bond donors (Lipinski definition) is 1. The second-order valence-electron chi connectivity index (χ2n) is 2.30. The maximum atomic E-state index is 11.1. The molecule has 2 heterocycles. The highest BCUT2D eigenvalue weighted by atomic mass is 35.5. The van der Waals surface area contributed by atoms with E-state index in [0.717, 1.165) is 17.0 Å².